The molecule has 1 atom stereocenters. The number of nitrogens with one attached hydrogen (secondary N) is 2. The average Bonchev–Trinajstić information content (AvgIpc) is 2.08. The Morgan fingerprint density at radius 1 is 1.16 bits per heavy atom. The van der Waals surface area contributed by atoms with Gasteiger partial charge >= 0.3 is 0 Å². The van der Waals surface area contributed by atoms with E-state index in [2.05, 4.69) is 45.3 Å². The van der Waals surface area contributed by atoms with Gasteiger partial charge in [-0.3, -0.25) is 4.79 Å². The number of hydrogen-bond donors (Lipinski definition) is 2. The van der Waals surface area contributed by atoms with Gasteiger partial charge in [0.1, 0.15) is 0 Å². The minimum Gasteiger partial charge on any atom is -0.353 e. The van der Waals surface area contributed by atoms with Crippen LogP contribution in [0.3, 0.4) is 0 Å². The van der Waals surface area contributed by atoms with Gasteiger partial charge in [-0.15, -0.1) is 0 Å². The van der Waals surface area contributed by atoms with E-state index in [1.54, 1.807) is 0 Å². The number of carbonyl (C=O) groups excluding carboxylic acids is 1. The van der Waals surface area contributed by atoms with E-state index in [1.807, 2.05) is 0 Å². The second-order valence-electron chi connectivity index (χ2n) is 8.33. The van der Waals surface area contributed by atoms with Crippen LogP contribution in [0.25, 0.3) is 0 Å². The van der Waals surface area contributed by atoms with Crippen LogP contribution in [0.2, 0.25) is 0 Å². The van der Waals surface area contributed by atoms with Crippen LogP contribution in [0.4, 0.5) is 0 Å². The van der Waals surface area contributed by atoms with Gasteiger partial charge in [-0.2, -0.15) is 0 Å². The summed E-state index contributed by atoms with van der Waals surface area (Å²) in [6.45, 7) is 13.4. The third-order valence-corrected chi connectivity index (χ3v) is 4.84. The standard InChI is InChI=1S/C16H30N2O/c1-11(12-8-17-9-12)14(19)18-13-6-15(2,3)10-16(4,5)7-13/h11-13,17H,6-10H2,1-5H3,(H,18,19). The Balaban J connectivity index is 1.92. The zero-order valence-electron chi connectivity index (χ0n) is 13.2. The molecule has 2 fully saturated rings. The molecule has 2 aliphatic rings. The molecule has 0 radical (unpaired) electrons. The molecule has 0 bridgehead atoms. The molecule has 1 unspecified atom stereocenters. The molecule has 0 spiro atoms. The lowest BCUT2D eigenvalue weighted by Crippen LogP contribution is -2.52. The summed E-state index contributed by atoms with van der Waals surface area (Å²) in [6, 6.07) is 0.349. The highest BCUT2D eigenvalue weighted by Gasteiger charge is 2.39. The predicted octanol–water partition coefficient (Wildman–Crippen LogP) is 2.56. The molecule has 3 nitrogen and oxygen atoms in total. The molecule has 0 aromatic carbocycles. The van der Waals surface area contributed by atoms with Crippen molar-refractivity contribution in [3.05, 3.63) is 0 Å². The summed E-state index contributed by atoms with van der Waals surface area (Å²) in [6.07, 6.45) is 3.46. The van der Waals surface area contributed by atoms with Gasteiger partial charge in [-0.25, -0.2) is 0 Å². The SMILES string of the molecule is CC(C(=O)NC1CC(C)(C)CC(C)(C)C1)C1CNC1. The minimum atomic E-state index is 0.148. The van der Waals surface area contributed by atoms with E-state index in [-0.39, 0.29) is 11.8 Å². The van der Waals surface area contributed by atoms with E-state index >= 15 is 0 Å². The quantitative estimate of drug-likeness (QED) is 0.824. The van der Waals surface area contributed by atoms with Crippen LogP contribution < -0.4 is 10.6 Å². The van der Waals surface area contributed by atoms with Gasteiger partial charge in [0.15, 0.2) is 0 Å². The summed E-state index contributed by atoms with van der Waals surface area (Å²) >= 11 is 0. The third kappa shape index (κ3) is 3.71. The number of rotatable bonds is 3. The van der Waals surface area contributed by atoms with Gasteiger partial charge in [0, 0.05) is 12.0 Å². The fourth-order valence-electron chi connectivity index (χ4n) is 4.16. The third-order valence-electron chi connectivity index (χ3n) is 4.84. The van der Waals surface area contributed by atoms with Crippen molar-refractivity contribution in [2.75, 3.05) is 13.1 Å². The van der Waals surface area contributed by atoms with Crippen molar-refractivity contribution in [1.29, 1.82) is 0 Å². The van der Waals surface area contributed by atoms with Gasteiger partial charge in [-0.1, -0.05) is 34.6 Å². The van der Waals surface area contributed by atoms with E-state index in [9.17, 15) is 4.79 Å². The predicted molar refractivity (Wildman–Crippen MR) is 78.9 cm³/mol. The molecule has 2 N–H and O–H groups in total. The van der Waals surface area contributed by atoms with Crippen molar-refractivity contribution in [3.8, 4) is 0 Å². The smallest absolute Gasteiger partial charge is 0.223 e. The maximum Gasteiger partial charge on any atom is 0.223 e. The summed E-state index contributed by atoms with van der Waals surface area (Å²) < 4.78 is 0. The summed E-state index contributed by atoms with van der Waals surface area (Å²) in [5, 5.41) is 6.56. The van der Waals surface area contributed by atoms with Crippen LogP contribution >= 0.6 is 0 Å². The van der Waals surface area contributed by atoms with Gasteiger partial charge in [-0.05, 0) is 49.1 Å². The van der Waals surface area contributed by atoms with E-state index in [0.717, 1.165) is 25.9 Å². The topological polar surface area (TPSA) is 41.1 Å². The van der Waals surface area contributed by atoms with Crippen LogP contribution in [0.15, 0.2) is 0 Å². The molecule has 19 heavy (non-hydrogen) atoms. The van der Waals surface area contributed by atoms with Crippen molar-refractivity contribution in [1.82, 2.24) is 10.6 Å². The Morgan fingerprint density at radius 3 is 2.11 bits per heavy atom. The van der Waals surface area contributed by atoms with Gasteiger partial charge in [0.05, 0.1) is 0 Å². The van der Waals surface area contributed by atoms with Crippen LogP contribution in [0, 0.1) is 22.7 Å². The Morgan fingerprint density at radius 2 is 1.68 bits per heavy atom. The molecule has 1 saturated heterocycles. The van der Waals surface area contributed by atoms with Crippen molar-refractivity contribution < 1.29 is 4.79 Å². The van der Waals surface area contributed by atoms with Crippen LogP contribution in [-0.4, -0.2) is 25.0 Å². The monoisotopic (exact) mass is 266 g/mol. The molecule has 1 amide bonds. The molecule has 0 aromatic heterocycles. The highest BCUT2D eigenvalue weighted by atomic mass is 16.1. The number of amides is 1. The van der Waals surface area contributed by atoms with Crippen molar-refractivity contribution >= 4 is 5.91 Å². The highest BCUT2D eigenvalue weighted by molar-refractivity contribution is 5.79. The fourth-order valence-corrected chi connectivity index (χ4v) is 4.16. The molecule has 3 heteroatoms. The zero-order chi connectivity index (χ0) is 14.3. The zero-order valence-corrected chi connectivity index (χ0v) is 13.2. The lowest BCUT2D eigenvalue weighted by molar-refractivity contribution is -0.128. The lowest BCUT2D eigenvalue weighted by atomic mass is 9.63. The van der Waals surface area contributed by atoms with E-state index < -0.39 is 0 Å². The lowest BCUT2D eigenvalue weighted by Gasteiger charge is -2.45. The van der Waals surface area contributed by atoms with Crippen molar-refractivity contribution in [2.45, 2.75) is 59.9 Å². The maximum absolute atomic E-state index is 12.3. The van der Waals surface area contributed by atoms with E-state index in [1.165, 1.54) is 6.42 Å². The Bertz CT molecular complexity index is 329. The average molecular weight is 266 g/mol. The first kappa shape index (κ1) is 14.8. The molecular formula is C16H30N2O. The molecule has 1 saturated carbocycles. The summed E-state index contributed by atoms with van der Waals surface area (Å²) in [5.41, 5.74) is 0.669. The largest absolute Gasteiger partial charge is 0.353 e. The van der Waals surface area contributed by atoms with Crippen molar-refractivity contribution in [2.24, 2.45) is 22.7 Å². The normalized spacial score (nSPS) is 28.5. The van der Waals surface area contributed by atoms with E-state index in [4.69, 9.17) is 0 Å². The van der Waals surface area contributed by atoms with Crippen LogP contribution in [-0.2, 0) is 4.79 Å². The Kier molecular flexibility index (Phi) is 3.97. The second-order valence-corrected chi connectivity index (χ2v) is 8.33. The first-order valence-corrected chi connectivity index (χ1v) is 7.70. The number of hydrogen-bond acceptors (Lipinski definition) is 2. The van der Waals surface area contributed by atoms with Crippen LogP contribution in [0.1, 0.15) is 53.9 Å². The molecule has 1 heterocycles. The molecular weight excluding hydrogens is 236 g/mol. The minimum absolute atomic E-state index is 0.148. The molecule has 0 aromatic rings. The highest BCUT2D eigenvalue weighted by Crippen LogP contribution is 2.45. The first-order chi connectivity index (χ1) is 8.69. The first-order valence-electron chi connectivity index (χ1n) is 7.70. The molecule has 1 aliphatic carbocycles. The molecule has 110 valence electrons. The fraction of sp³-hybridized carbons (Fsp3) is 0.938. The second kappa shape index (κ2) is 5.08. The maximum atomic E-state index is 12.3. The summed E-state index contributed by atoms with van der Waals surface area (Å²) in [7, 11) is 0. The van der Waals surface area contributed by atoms with Crippen molar-refractivity contribution in [3.63, 3.8) is 0 Å². The Hall–Kier alpha value is -0.570. The summed E-state index contributed by atoms with van der Waals surface area (Å²) in [4.78, 5) is 12.3. The van der Waals surface area contributed by atoms with Crippen LogP contribution in [0.5, 0.6) is 0 Å². The number of carbonyl (C=O) groups is 1. The molecule has 2 rings (SSSR count). The van der Waals surface area contributed by atoms with Gasteiger partial charge < -0.3 is 10.6 Å². The van der Waals surface area contributed by atoms with Gasteiger partial charge in [0.2, 0.25) is 5.91 Å². The van der Waals surface area contributed by atoms with Gasteiger partial charge in [0.25, 0.3) is 0 Å². The summed E-state index contributed by atoms with van der Waals surface area (Å²) in [5.74, 6) is 0.934. The molecule has 1 aliphatic heterocycles. The Labute approximate surface area is 117 Å². The van der Waals surface area contributed by atoms with E-state index in [0.29, 0.717) is 22.8 Å².